The molecule has 1 aliphatic rings. The first-order chi connectivity index (χ1) is 16.4. The van der Waals surface area contributed by atoms with Crippen molar-refractivity contribution in [2.45, 2.75) is 58.5 Å². The van der Waals surface area contributed by atoms with E-state index in [1.807, 2.05) is 0 Å². The molecule has 1 saturated heterocycles. The Hall–Kier alpha value is -2.96. The molecule has 0 bridgehead atoms. The number of carbonyl (C=O) groups is 7. The maximum Gasteiger partial charge on any atom is 0.307 e. The van der Waals surface area contributed by atoms with Crippen LogP contribution in [0, 0.1) is 5.41 Å². The lowest BCUT2D eigenvalue weighted by Crippen LogP contribution is -2.49. The molecule has 1 aliphatic heterocycles. The highest BCUT2D eigenvalue weighted by molar-refractivity contribution is 8.13. The number of nitrogens with one attached hydrogen (secondary N) is 2. The summed E-state index contributed by atoms with van der Waals surface area (Å²) in [5, 5.41) is 4.76. The van der Waals surface area contributed by atoms with Gasteiger partial charge < -0.3 is 24.8 Å². The van der Waals surface area contributed by atoms with Gasteiger partial charge in [-0.15, -0.1) is 0 Å². The maximum atomic E-state index is 12.8. The Balaban J connectivity index is 2.94. The first-order valence-electron chi connectivity index (χ1n) is 11.1. The van der Waals surface area contributed by atoms with Gasteiger partial charge in [0.1, 0.15) is 12.4 Å². The number of thioether (sulfide) groups is 1. The normalized spacial score (nSPS) is 21.3. The van der Waals surface area contributed by atoms with Gasteiger partial charge in [0.25, 0.3) is 5.91 Å². The highest BCUT2D eigenvalue weighted by Crippen LogP contribution is 2.25. The second-order valence-electron chi connectivity index (χ2n) is 8.42. The Labute approximate surface area is 207 Å². The van der Waals surface area contributed by atoms with Gasteiger partial charge in [-0.05, 0) is 0 Å². The zero-order chi connectivity index (χ0) is 26.4. The molecule has 0 aromatic rings. The quantitative estimate of drug-likeness (QED) is 0.294. The van der Waals surface area contributed by atoms with Crippen LogP contribution in [0.2, 0.25) is 0 Å². The molecule has 12 nitrogen and oxygen atoms in total. The molecule has 0 saturated carbocycles. The van der Waals surface area contributed by atoms with Crippen LogP contribution in [0.4, 0.5) is 0 Å². The molecule has 0 aliphatic carbocycles. The van der Waals surface area contributed by atoms with Crippen molar-refractivity contribution in [2.75, 3.05) is 32.6 Å². The Morgan fingerprint density at radius 2 is 1.69 bits per heavy atom. The van der Waals surface area contributed by atoms with Gasteiger partial charge in [-0.25, -0.2) is 0 Å². The van der Waals surface area contributed by atoms with E-state index in [0.29, 0.717) is 0 Å². The predicted octanol–water partition coefficient (Wildman–Crippen LogP) is 0.0561. The van der Waals surface area contributed by atoms with Crippen molar-refractivity contribution in [3.05, 3.63) is 0 Å². The van der Waals surface area contributed by atoms with Crippen LogP contribution >= 0.6 is 11.8 Å². The highest BCUT2D eigenvalue weighted by Gasteiger charge is 2.40. The van der Waals surface area contributed by atoms with Gasteiger partial charge in [0.05, 0.1) is 32.8 Å². The van der Waals surface area contributed by atoms with Gasteiger partial charge in [-0.3, -0.25) is 33.6 Å². The molecule has 1 fully saturated rings. The Morgan fingerprint density at radius 3 is 2.37 bits per heavy atom. The summed E-state index contributed by atoms with van der Waals surface area (Å²) in [6.45, 7) is 2.88. The van der Waals surface area contributed by atoms with Crippen LogP contribution in [-0.2, 0) is 47.8 Å². The van der Waals surface area contributed by atoms with E-state index in [0.717, 1.165) is 11.8 Å². The number of hydrogen-bond acceptors (Lipinski definition) is 11. The minimum Gasteiger partial charge on any atom is -0.469 e. The zero-order valence-corrected chi connectivity index (χ0v) is 21.0. The SMILES string of the molecule is COC(=O)CCC(=O)O[C@H]1C(=O)NCCC(=O)NCCSC(=O)CC(=O)CCC(=O)OCC1(C)C. The minimum absolute atomic E-state index is 0.0582. The molecule has 2 N–H and O–H groups in total. The second-order valence-corrected chi connectivity index (χ2v) is 9.57. The summed E-state index contributed by atoms with van der Waals surface area (Å²) in [5.74, 6) is -3.40. The molecule has 0 radical (unpaired) electrons. The average Bonchev–Trinajstić information content (AvgIpc) is 2.80. The van der Waals surface area contributed by atoms with Crippen LogP contribution in [-0.4, -0.2) is 79.3 Å². The summed E-state index contributed by atoms with van der Waals surface area (Å²) < 4.78 is 15.0. The van der Waals surface area contributed by atoms with E-state index in [1.54, 1.807) is 0 Å². The summed E-state index contributed by atoms with van der Waals surface area (Å²) in [5.41, 5.74) is -1.19. The lowest BCUT2D eigenvalue weighted by molar-refractivity contribution is -0.169. The highest BCUT2D eigenvalue weighted by atomic mass is 32.2. The Morgan fingerprint density at radius 1 is 1.00 bits per heavy atom. The molecule has 0 spiro atoms. The fourth-order valence-electron chi connectivity index (χ4n) is 2.86. The first kappa shape index (κ1) is 30.1. The van der Waals surface area contributed by atoms with Crippen molar-refractivity contribution in [3.63, 3.8) is 0 Å². The smallest absolute Gasteiger partial charge is 0.307 e. The van der Waals surface area contributed by atoms with Crippen LogP contribution in [0.15, 0.2) is 0 Å². The van der Waals surface area contributed by atoms with Crippen molar-refractivity contribution in [1.82, 2.24) is 10.6 Å². The third kappa shape index (κ3) is 12.3. The number of Topliss-reactive ketones (excluding diaryl/α,β-unsaturated/α-hetero) is 1. The van der Waals surface area contributed by atoms with Crippen LogP contribution in [0.1, 0.15) is 52.4 Å². The summed E-state index contributed by atoms with van der Waals surface area (Å²) >= 11 is 0.905. The van der Waals surface area contributed by atoms with Crippen LogP contribution in [0.3, 0.4) is 0 Å². The van der Waals surface area contributed by atoms with E-state index < -0.39 is 41.1 Å². The fraction of sp³-hybridized carbons (Fsp3) is 0.682. The number of carbonyl (C=O) groups excluding carboxylic acids is 7. The van der Waals surface area contributed by atoms with E-state index in [-0.39, 0.29) is 75.0 Å². The van der Waals surface area contributed by atoms with Gasteiger partial charge in [-0.2, -0.15) is 0 Å². The van der Waals surface area contributed by atoms with E-state index in [9.17, 15) is 33.6 Å². The molecule has 13 heteroatoms. The number of cyclic esters (lactones) is 1. The van der Waals surface area contributed by atoms with Gasteiger partial charge in [-0.1, -0.05) is 25.6 Å². The molecule has 35 heavy (non-hydrogen) atoms. The standard InChI is InChI=1S/C22H32N2O10S/c1-22(2)13-33-17(28)5-4-14(25)12-19(30)35-11-10-23-15(26)8-9-24-21(31)20(22)34-18(29)7-6-16(27)32-3/h20H,4-13H2,1-3H3,(H,23,26)(H,24,31)/t20-/m0/s1. The molecule has 0 aromatic carbocycles. The average molecular weight is 517 g/mol. The van der Waals surface area contributed by atoms with Crippen molar-refractivity contribution in [2.24, 2.45) is 5.41 Å². The molecule has 2 amide bonds. The zero-order valence-electron chi connectivity index (χ0n) is 20.1. The molecule has 0 aromatic heterocycles. The largest absolute Gasteiger partial charge is 0.469 e. The third-order valence-electron chi connectivity index (χ3n) is 4.85. The van der Waals surface area contributed by atoms with Gasteiger partial charge in [0.15, 0.2) is 11.2 Å². The number of ether oxygens (including phenoxy) is 3. The first-order valence-corrected chi connectivity index (χ1v) is 12.1. The number of rotatable bonds is 4. The van der Waals surface area contributed by atoms with E-state index in [4.69, 9.17) is 9.47 Å². The molecule has 1 rings (SSSR count). The fourth-order valence-corrected chi connectivity index (χ4v) is 3.55. The molecule has 1 heterocycles. The molecule has 0 unspecified atom stereocenters. The summed E-state index contributed by atoms with van der Waals surface area (Å²) in [4.78, 5) is 84.3. The monoisotopic (exact) mass is 516 g/mol. The number of amides is 2. The Kier molecular flexibility index (Phi) is 13.0. The molecular weight excluding hydrogens is 484 g/mol. The number of methoxy groups -OCH3 is 1. The van der Waals surface area contributed by atoms with Crippen molar-refractivity contribution < 1.29 is 47.8 Å². The minimum atomic E-state index is -1.40. The van der Waals surface area contributed by atoms with E-state index in [2.05, 4.69) is 15.4 Å². The van der Waals surface area contributed by atoms with Crippen molar-refractivity contribution in [1.29, 1.82) is 0 Å². The van der Waals surface area contributed by atoms with Crippen LogP contribution in [0.25, 0.3) is 0 Å². The lowest BCUT2D eigenvalue weighted by Gasteiger charge is -2.32. The second kappa shape index (κ2) is 15.1. The predicted molar refractivity (Wildman–Crippen MR) is 123 cm³/mol. The van der Waals surface area contributed by atoms with Crippen LogP contribution < -0.4 is 10.6 Å². The number of ketones is 1. The third-order valence-corrected chi connectivity index (χ3v) is 5.73. The van der Waals surface area contributed by atoms with Crippen molar-refractivity contribution in [3.8, 4) is 0 Å². The maximum absolute atomic E-state index is 12.8. The molecular formula is C22H32N2O10S. The van der Waals surface area contributed by atoms with Gasteiger partial charge in [0.2, 0.25) is 5.91 Å². The number of esters is 3. The van der Waals surface area contributed by atoms with Gasteiger partial charge in [0, 0.05) is 37.1 Å². The summed E-state index contributed by atoms with van der Waals surface area (Å²) in [7, 11) is 1.17. The Bertz CT molecular complexity index is 827. The van der Waals surface area contributed by atoms with E-state index >= 15 is 0 Å². The molecule has 196 valence electrons. The van der Waals surface area contributed by atoms with E-state index in [1.165, 1.54) is 21.0 Å². The summed E-state index contributed by atoms with van der Waals surface area (Å²) in [6.07, 6.45) is -2.81. The lowest BCUT2D eigenvalue weighted by atomic mass is 9.86. The van der Waals surface area contributed by atoms with Crippen molar-refractivity contribution >= 4 is 52.4 Å². The number of hydrogen-bond donors (Lipinski definition) is 2. The summed E-state index contributed by atoms with van der Waals surface area (Å²) in [6, 6.07) is 0. The topological polar surface area (TPSA) is 171 Å². The van der Waals surface area contributed by atoms with Gasteiger partial charge >= 0.3 is 17.9 Å². The van der Waals surface area contributed by atoms with Crippen LogP contribution in [0.5, 0.6) is 0 Å². The molecule has 1 atom stereocenters.